The summed E-state index contributed by atoms with van der Waals surface area (Å²) in [6, 6.07) is 3.53. The number of hydrogen-bond acceptors (Lipinski definition) is 3. The summed E-state index contributed by atoms with van der Waals surface area (Å²) in [6.45, 7) is 5.54. The highest BCUT2D eigenvalue weighted by molar-refractivity contribution is 9.10. The fourth-order valence-electron chi connectivity index (χ4n) is 1.81. The van der Waals surface area contributed by atoms with Gasteiger partial charge in [-0.05, 0) is 43.5 Å². The Morgan fingerprint density at radius 1 is 1.42 bits per heavy atom. The maximum absolute atomic E-state index is 12.2. The third kappa shape index (κ3) is 3.90. The second-order valence-corrected chi connectivity index (χ2v) is 7.50. The smallest absolute Gasteiger partial charge is 0.242 e. The van der Waals surface area contributed by atoms with E-state index in [4.69, 9.17) is 18.0 Å². The van der Waals surface area contributed by atoms with Gasteiger partial charge in [0.05, 0.1) is 4.99 Å². The van der Waals surface area contributed by atoms with E-state index in [1.807, 2.05) is 13.8 Å². The van der Waals surface area contributed by atoms with Crippen LogP contribution in [0.15, 0.2) is 16.6 Å². The van der Waals surface area contributed by atoms with Gasteiger partial charge in [0.1, 0.15) is 5.25 Å². The van der Waals surface area contributed by atoms with Crippen molar-refractivity contribution >= 4 is 48.8 Å². The molecule has 0 fully saturated rings. The van der Waals surface area contributed by atoms with Gasteiger partial charge < -0.3 is 5.73 Å². The number of hydrogen-bond donors (Lipinski definition) is 2. The lowest BCUT2D eigenvalue weighted by molar-refractivity contribution is 0.594. The summed E-state index contributed by atoms with van der Waals surface area (Å²) < 4.78 is 27.9. The van der Waals surface area contributed by atoms with Crippen LogP contribution in [-0.2, 0) is 10.0 Å². The molecule has 1 aromatic carbocycles. The van der Waals surface area contributed by atoms with Crippen molar-refractivity contribution in [3.05, 3.63) is 27.7 Å². The Balaban J connectivity index is 3.12. The maximum atomic E-state index is 12.2. The first-order valence-electron chi connectivity index (χ1n) is 5.76. The summed E-state index contributed by atoms with van der Waals surface area (Å²) in [5.41, 5.74) is 7.92. The van der Waals surface area contributed by atoms with Gasteiger partial charge in [-0.15, -0.1) is 0 Å². The number of rotatable bonds is 5. The number of thiocarbonyl (C=S) groups is 1. The van der Waals surface area contributed by atoms with Crippen molar-refractivity contribution in [3.63, 3.8) is 0 Å². The average Bonchev–Trinajstić information content (AvgIpc) is 2.24. The molecule has 0 aliphatic heterocycles. The highest BCUT2D eigenvalue weighted by atomic mass is 79.9. The molecule has 0 saturated heterocycles. The number of benzene rings is 1. The largest absolute Gasteiger partial charge is 0.392 e. The third-order valence-corrected chi connectivity index (χ3v) is 6.30. The van der Waals surface area contributed by atoms with Crippen molar-refractivity contribution in [1.29, 1.82) is 0 Å². The lowest BCUT2D eigenvalue weighted by Gasteiger charge is -2.17. The van der Waals surface area contributed by atoms with E-state index < -0.39 is 15.3 Å². The number of aryl methyl sites for hydroxylation is 2. The molecule has 1 atom stereocenters. The molecule has 0 aliphatic rings. The Kier molecular flexibility index (Phi) is 5.34. The van der Waals surface area contributed by atoms with Gasteiger partial charge in [0.25, 0.3) is 0 Å². The molecule has 7 heteroatoms. The summed E-state index contributed by atoms with van der Waals surface area (Å²) in [5, 5.41) is -0.855. The molecule has 1 rings (SSSR count). The Morgan fingerprint density at radius 3 is 2.26 bits per heavy atom. The predicted octanol–water partition coefficient (Wildman–Crippen LogP) is 2.87. The zero-order valence-corrected chi connectivity index (χ0v) is 14.2. The number of halogens is 1. The standard InChI is InChI=1S/C12H17BrN2O2S2/c1-4-10(12(14)18)19(16,17)15-9-5-7(2)11(13)8(3)6-9/h5-6,10,15H,4H2,1-3H3,(H2,14,18). The molecule has 19 heavy (non-hydrogen) atoms. The molecular formula is C12H17BrN2O2S2. The van der Waals surface area contributed by atoms with Gasteiger partial charge in [-0.25, -0.2) is 8.42 Å². The Morgan fingerprint density at radius 2 is 1.89 bits per heavy atom. The molecule has 0 radical (unpaired) electrons. The molecule has 0 saturated carbocycles. The zero-order valence-electron chi connectivity index (χ0n) is 11.0. The monoisotopic (exact) mass is 364 g/mol. The van der Waals surface area contributed by atoms with Crippen LogP contribution in [0.1, 0.15) is 24.5 Å². The van der Waals surface area contributed by atoms with Gasteiger partial charge in [0, 0.05) is 10.2 Å². The van der Waals surface area contributed by atoms with Crippen molar-refractivity contribution in [3.8, 4) is 0 Å². The van der Waals surface area contributed by atoms with Crippen LogP contribution in [0.5, 0.6) is 0 Å². The van der Waals surface area contributed by atoms with Crippen LogP contribution in [0, 0.1) is 13.8 Å². The Bertz CT molecular complexity index is 577. The number of sulfonamides is 1. The minimum Gasteiger partial charge on any atom is -0.392 e. The molecular weight excluding hydrogens is 348 g/mol. The second-order valence-electron chi connectivity index (χ2n) is 4.37. The number of anilines is 1. The lowest BCUT2D eigenvalue weighted by Crippen LogP contribution is -2.37. The van der Waals surface area contributed by atoms with Crippen molar-refractivity contribution in [2.45, 2.75) is 32.4 Å². The van der Waals surface area contributed by atoms with Crippen LogP contribution in [0.25, 0.3) is 0 Å². The van der Waals surface area contributed by atoms with Crippen molar-refractivity contribution in [2.24, 2.45) is 5.73 Å². The van der Waals surface area contributed by atoms with E-state index in [-0.39, 0.29) is 4.99 Å². The summed E-state index contributed by atoms with van der Waals surface area (Å²) in [5.74, 6) is 0. The van der Waals surface area contributed by atoms with E-state index in [1.165, 1.54) is 0 Å². The number of nitrogens with one attached hydrogen (secondary N) is 1. The van der Waals surface area contributed by atoms with E-state index in [0.29, 0.717) is 12.1 Å². The van der Waals surface area contributed by atoms with Crippen LogP contribution in [-0.4, -0.2) is 18.7 Å². The van der Waals surface area contributed by atoms with Gasteiger partial charge in [0.2, 0.25) is 10.0 Å². The first-order chi connectivity index (χ1) is 8.69. The topological polar surface area (TPSA) is 72.2 Å². The molecule has 0 spiro atoms. The fourth-order valence-corrected chi connectivity index (χ4v) is 3.92. The van der Waals surface area contributed by atoms with Gasteiger partial charge in [0.15, 0.2) is 0 Å². The highest BCUT2D eigenvalue weighted by Crippen LogP contribution is 2.26. The normalized spacial score (nSPS) is 13.1. The molecule has 106 valence electrons. The lowest BCUT2D eigenvalue weighted by atomic mass is 10.1. The number of nitrogens with two attached hydrogens (primary N) is 1. The van der Waals surface area contributed by atoms with Crippen LogP contribution < -0.4 is 10.5 Å². The van der Waals surface area contributed by atoms with Crippen LogP contribution in [0.3, 0.4) is 0 Å². The third-order valence-electron chi connectivity index (χ3n) is 2.76. The SMILES string of the molecule is CCC(C(N)=S)S(=O)(=O)Nc1cc(C)c(Br)c(C)c1. The van der Waals surface area contributed by atoms with Crippen LogP contribution in [0.4, 0.5) is 5.69 Å². The fraction of sp³-hybridized carbons (Fsp3) is 0.417. The molecule has 0 heterocycles. The molecule has 3 N–H and O–H groups in total. The van der Waals surface area contributed by atoms with E-state index in [9.17, 15) is 8.42 Å². The van der Waals surface area contributed by atoms with Gasteiger partial charge >= 0.3 is 0 Å². The van der Waals surface area contributed by atoms with Crippen LogP contribution >= 0.6 is 28.1 Å². The minimum absolute atomic E-state index is 0.0134. The Hall–Kier alpha value is -0.660. The minimum atomic E-state index is -3.60. The summed E-state index contributed by atoms with van der Waals surface area (Å²) in [7, 11) is -3.60. The second kappa shape index (κ2) is 6.19. The molecule has 0 amide bonds. The molecule has 0 aliphatic carbocycles. The van der Waals surface area contributed by atoms with Gasteiger partial charge in [-0.1, -0.05) is 35.1 Å². The quantitative estimate of drug-likeness (QED) is 0.787. The molecule has 4 nitrogen and oxygen atoms in total. The molecule has 0 aromatic heterocycles. The highest BCUT2D eigenvalue weighted by Gasteiger charge is 2.26. The molecule has 0 bridgehead atoms. The van der Waals surface area contributed by atoms with E-state index >= 15 is 0 Å². The van der Waals surface area contributed by atoms with E-state index in [1.54, 1.807) is 19.1 Å². The van der Waals surface area contributed by atoms with Gasteiger partial charge in [-0.3, -0.25) is 4.72 Å². The first kappa shape index (κ1) is 16.4. The maximum Gasteiger partial charge on any atom is 0.242 e. The summed E-state index contributed by atoms with van der Waals surface area (Å²) >= 11 is 8.24. The van der Waals surface area contributed by atoms with Crippen LogP contribution in [0.2, 0.25) is 0 Å². The predicted molar refractivity (Wildman–Crippen MR) is 87.0 cm³/mol. The summed E-state index contributed by atoms with van der Waals surface area (Å²) in [4.78, 5) is -0.0134. The zero-order chi connectivity index (χ0) is 14.8. The van der Waals surface area contributed by atoms with Crippen molar-refractivity contribution < 1.29 is 8.42 Å². The first-order valence-corrected chi connectivity index (χ1v) is 8.51. The van der Waals surface area contributed by atoms with Crippen molar-refractivity contribution in [1.82, 2.24) is 0 Å². The average molecular weight is 365 g/mol. The van der Waals surface area contributed by atoms with E-state index in [0.717, 1.165) is 15.6 Å². The van der Waals surface area contributed by atoms with Crippen molar-refractivity contribution in [2.75, 3.05) is 4.72 Å². The Labute approximate surface area is 127 Å². The summed E-state index contributed by atoms with van der Waals surface area (Å²) in [6.07, 6.45) is 0.346. The molecule has 1 unspecified atom stereocenters. The molecule has 1 aromatic rings. The van der Waals surface area contributed by atoms with Gasteiger partial charge in [-0.2, -0.15) is 0 Å². The van der Waals surface area contributed by atoms with E-state index in [2.05, 4.69) is 20.7 Å².